The van der Waals surface area contributed by atoms with Crippen LogP contribution >= 0.6 is 0 Å². The van der Waals surface area contributed by atoms with Gasteiger partial charge in [-0.15, -0.1) is 0 Å². The highest BCUT2D eigenvalue weighted by atomic mass is 16.2. The van der Waals surface area contributed by atoms with Crippen LogP contribution in [0.25, 0.3) is 10.9 Å². The molecule has 1 aliphatic heterocycles. The Hall–Kier alpha value is -2.10. The number of carbonyl (C=O) groups is 2. The van der Waals surface area contributed by atoms with Crippen molar-refractivity contribution in [3.63, 3.8) is 0 Å². The number of Topliss-reactive ketones (excluding diaryl/α,β-unsaturated/α-hetero) is 1. The standard InChI is InChI=1S/C23H30N2O2/c1-15(2)18(19-14-24-20-9-5-3-7-16(19)20)13-23(27)25-12-11-22(26)17-8-4-6-10-21(17)25/h3,5,7,9,14-15,17-18,21,24H,4,6,8,10-13H2,1-2H3. The van der Waals surface area contributed by atoms with Gasteiger partial charge in [0.1, 0.15) is 5.78 Å². The first-order valence-electron chi connectivity index (χ1n) is 10.4. The van der Waals surface area contributed by atoms with Crippen LogP contribution in [0.3, 0.4) is 0 Å². The molecule has 1 aromatic carbocycles. The van der Waals surface area contributed by atoms with Crippen LogP contribution in [0.5, 0.6) is 0 Å². The molecule has 4 nitrogen and oxygen atoms in total. The number of amides is 1. The zero-order valence-electron chi connectivity index (χ0n) is 16.4. The third-order valence-corrected chi connectivity index (χ3v) is 6.68. The molecule has 3 unspecified atom stereocenters. The molecular formula is C23H30N2O2. The van der Waals surface area contributed by atoms with Crippen molar-refractivity contribution in [2.24, 2.45) is 11.8 Å². The molecule has 2 aromatic rings. The molecule has 1 N–H and O–H groups in total. The molecule has 4 heteroatoms. The van der Waals surface area contributed by atoms with Crippen LogP contribution in [-0.4, -0.2) is 34.2 Å². The molecule has 0 radical (unpaired) electrons. The molecule has 2 fully saturated rings. The highest BCUT2D eigenvalue weighted by Gasteiger charge is 2.41. The Bertz CT molecular complexity index is 838. The maximum Gasteiger partial charge on any atom is 0.223 e. The third kappa shape index (κ3) is 3.42. The molecule has 4 rings (SSSR count). The van der Waals surface area contributed by atoms with E-state index in [1.807, 2.05) is 6.07 Å². The number of piperidine rings is 1. The fourth-order valence-corrected chi connectivity index (χ4v) is 5.16. The minimum atomic E-state index is 0.0852. The summed E-state index contributed by atoms with van der Waals surface area (Å²) in [6.07, 6.45) is 7.34. The van der Waals surface area contributed by atoms with Crippen LogP contribution in [0.2, 0.25) is 0 Å². The lowest BCUT2D eigenvalue weighted by atomic mass is 9.77. The summed E-state index contributed by atoms with van der Waals surface area (Å²) in [6.45, 7) is 5.00. The van der Waals surface area contributed by atoms with Crippen molar-refractivity contribution in [1.82, 2.24) is 9.88 Å². The Morgan fingerprint density at radius 1 is 1.22 bits per heavy atom. The third-order valence-electron chi connectivity index (χ3n) is 6.68. The number of likely N-dealkylation sites (tertiary alicyclic amines) is 1. The highest BCUT2D eigenvalue weighted by molar-refractivity contribution is 5.88. The van der Waals surface area contributed by atoms with E-state index in [1.54, 1.807) is 0 Å². The molecule has 1 saturated carbocycles. The van der Waals surface area contributed by atoms with Crippen LogP contribution < -0.4 is 0 Å². The monoisotopic (exact) mass is 366 g/mol. The fourth-order valence-electron chi connectivity index (χ4n) is 5.16. The summed E-state index contributed by atoms with van der Waals surface area (Å²) in [7, 11) is 0. The SMILES string of the molecule is CC(C)C(CC(=O)N1CCC(=O)C2CCCCC21)c1c[nH]c2ccccc12. The number of aromatic nitrogens is 1. The Kier molecular flexibility index (Phi) is 5.07. The smallest absolute Gasteiger partial charge is 0.223 e. The quantitative estimate of drug-likeness (QED) is 0.856. The summed E-state index contributed by atoms with van der Waals surface area (Å²) in [5.74, 6) is 1.25. The van der Waals surface area contributed by atoms with Gasteiger partial charge in [0, 0.05) is 48.4 Å². The molecule has 1 saturated heterocycles. The van der Waals surface area contributed by atoms with Crippen molar-refractivity contribution in [1.29, 1.82) is 0 Å². The first kappa shape index (κ1) is 18.3. The van der Waals surface area contributed by atoms with E-state index in [0.717, 1.165) is 31.2 Å². The van der Waals surface area contributed by atoms with Gasteiger partial charge >= 0.3 is 0 Å². The Balaban J connectivity index is 1.57. The lowest BCUT2D eigenvalue weighted by Crippen LogP contribution is -2.53. The van der Waals surface area contributed by atoms with Crippen molar-refractivity contribution in [3.8, 4) is 0 Å². The summed E-state index contributed by atoms with van der Waals surface area (Å²) >= 11 is 0. The number of benzene rings is 1. The molecule has 144 valence electrons. The predicted molar refractivity (Wildman–Crippen MR) is 108 cm³/mol. The molecule has 0 bridgehead atoms. The molecule has 2 heterocycles. The van der Waals surface area contributed by atoms with E-state index in [-0.39, 0.29) is 23.8 Å². The van der Waals surface area contributed by atoms with Crippen LogP contribution in [-0.2, 0) is 9.59 Å². The van der Waals surface area contributed by atoms with Gasteiger partial charge in [-0.05, 0) is 36.3 Å². The predicted octanol–water partition coefficient (Wildman–Crippen LogP) is 4.66. The van der Waals surface area contributed by atoms with E-state index in [1.165, 1.54) is 10.9 Å². The van der Waals surface area contributed by atoms with E-state index in [2.05, 4.69) is 48.1 Å². The van der Waals surface area contributed by atoms with Crippen LogP contribution in [0.15, 0.2) is 30.5 Å². The Morgan fingerprint density at radius 2 is 2.00 bits per heavy atom. The zero-order valence-corrected chi connectivity index (χ0v) is 16.4. The second-order valence-electron chi connectivity index (χ2n) is 8.61. The van der Waals surface area contributed by atoms with Gasteiger partial charge in [-0.3, -0.25) is 9.59 Å². The van der Waals surface area contributed by atoms with Gasteiger partial charge in [-0.25, -0.2) is 0 Å². The largest absolute Gasteiger partial charge is 0.361 e. The summed E-state index contributed by atoms with van der Waals surface area (Å²) in [6, 6.07) is 8.45. The second-order valence-corrected chi connectivity index (χ2v) is 8.61. The number of carbonyl (C=O) groups excluding carboxylic acids is 2. The van der Waals surface area contributed by atoms with Crippen molar-refractivity contribution >= 4 is 22.6 Å². The van der Waals surface area contributed by atoms with Gasteiger partial charge in [0.25, 0.3) is 0 Å². The number of nitrogens with one attached hydrogen (secondary N) is 1. The maximum atomic E-state index is 13.3. The van der Waals surface area contributed by atoms with Gasteiger partial charge in [0.05, 0.1) is 0 Å². The van der Waals surface area contributed by atoms with Crippen LogP contribution in [0, 0.1) is 11.8 Å². The lowest BCUT2D eigenvalue weighted by molar-refractivity contribution is -0.143. The topological polar surface area (TPSA) is 53.2 Å². The number of ketones is 1. The molecule has 1 aliphatic carbocycles. The highest BCUT2D eigenvalue weighted by Crippen LogP contribution is 2.37. The molecule has 1 aromatic heterocycles. The van der Waals surface area contributed by atoms with Gasteiger partial charge in [0.15, 0.2) is 0 Å². The minimum Gasteiger partial charge on any atom is -0.361 e. The summed E-state index contributed by atoms with van der Waals surface area (Å²) < 4.78 is 0. The van der Waals surface area contributed by atoms with E-state index >= 15 is 0 Å². The van der Waals surface area contributed by atoms with Crippen LogP contribution in [0.1, 0.15) is 63.9 Å². The van der Waals surface area contributed by atoms with E-state index < -0.39 is 0 Å². The molecule has 3 atom stereocenters. The maximum absolute atomic E-state index is 13.3. The van der Waals surface area contributed by atoms with Gasteiger partial charge in [0.2, 0.25) is 5.91 Å². The number of aromatic amines is 1. The minimum absolute atomic E-state index is 0.0852. The van der Waals surface area contributed by atoms with E-state index in [4.69, 9.17) is 0 Å². The van der Waals surface area contributed by atoms with E-state index in [9.17, 15) is 9.59 Å². The average molecular weight is 367 g/mol. The number of fused-ring (bicyclic) bond motifs is 2. The van der Waals surface area contributed by atoms with Gasteiger partial charge in [-0.2, -0.15) is 0 Å². The lowest BCUT2D eigenvalue weighted by Gasteiger charge is -2.43. The molecule has 1 amide bonds. The summed E-state index contributed by atoms with van der Waals surface area (Å²) in [5.41, 5.74) is 2.36. The molecular weight excluding hydrogens is 336 g/mol. The van der Waals surface area contributed by atoms with Crippen molar-refractivity contribution in [3.05, 3.63) is 36.0 Å². The molecule has 0 spiro atoms. The van der Waals surface area contributed by atoms with Gasteiger partial charge < -0.3 is 9.88 Å². The number of para-hydroxylation sites is 1. The molecule has 27 heavy (non-hydrogen) atoms. The number of hydrogen-bond acceptors (Lipinski definition) is 2. The number of hydrogen-bond donors (Lipinski definition) is 1. The van der Waals surface area contributed by atoms with Crippen LogP contribution in [0.4, 0.5) is 0 Å². The van der Waals surface area contributed by atoms with Gasteiger partial charge in [-0.1, -0.05) is 44.9 Å². The Morgan fingerprint density at radius 3 is 2.81 bits per heavy atom. The van der Waals surface area contributed by atoms with E-state index in [0.29, 0.717) is 31.1 Å². The zero-order chi connectivity index (χ0) is 19.0. The summed E-state index contributed by atoms with van der Waals surface area (Å²) in [5, 5.41) is 1.22. The molecule has 2 aliphatic rings. The van der Waals surface area contributed by atoms with Crippen molar-refractivity contribution in [2.75, 3.05) is 6.54 Å². The Labute approximate surface area is 161 Å². The normalized spacial score (nSPS) is 24.3. The number of rotatable bonds is 4. The number of H-pyrrole nitrogens is 1. The first-order chi connectivity index (χ1) is 13.1. The second kappa shape index (κ2) is 7.49. The number of nitrogens with zero attached hydrogens (tertiary/aromatic N) is 1. The van der Waals surface area contributed by atoms with Crippen molar-refractivity contribution in [2.45, 2.75) is 64.3 Å². The fraction of sp³-hybridized carbons (Fsp3) is 0.565. The van der Waals surface area contributed by atoms with Crippen molar-refractivity contribution < 1.29 is 9.59 Å². The first-order valence-corrected chi connectivity index (χ1v) is 10.4. The summed E-state index contributed by atoms with van der Waals surface area (Å²) in [4.78, 5) is 31.0. The average Bonchev–Trinajstić information content (AvgIpc) is 3.10.